The highest BCUT2D eigenvalue weighted by atomic mass is 35.5. The molecule has 0 aromatic heterocycles. The normalized spacial score (nSPS) is 10.1. The van der Waals surface area contributed by atoms with Crippen molar-refractivity contribution < 1.29 is 5.11 Å². The Labute approximate surface area is 70.6 Å². The Hall–Kier alpha value is -0.570. The molecule has 1 rings (SSSR count). The van der Waals surface area contributed by atoms with Gasteiger partial charge in [-0.2, -0.15) is 0 Å². The molecule has 0 aliphatic heterocycles. The van der Waals surface area contributed by atoms with Crippen LogP contribution in [0.3, 0.4) is 0 Å². The molecule has 0 amide bonds. The van der Waals surface area contributed by atoms with Gasteiger partial charge in [0.15, 0.2) is 0 Å². The van der Waals surface area contributed by atoms with E-state index in [-0.39, 0.29) is 6.61 Å². The van der Waals surface area contributed by atoms with Gasteiger partial charge >= 0.3 is 0 Å². The first-order valence-electron chi connectivity index (χ1n) is 3.33. The zero-order valence-corrected chi connectivity index (χ0v) is 6.77. The summed E-state index contributed by atoms with van der Waals surface area (Å²) in [4.78, 5) is 0. The van der Waals surface area contributed by atoms with Gasteiger partial charge in [0.2, 0.25) is 0 Å². The van der Waals surface area contributed by atoms with Gasteiger partial charge in [0.1, 0.15) is 6.61 Å². The minimum absolute atomic E-state index is 0.285. The predicted octanol–water partition coefficient (Wildman–Crippen LogP) is 1.73. The molecule has 3 heteroatoms. The van der Waals surface area contributed by atoms with Crippen LogP contribution in [0.4, 0.5) is 0 Å². The van der Waals surface area contributed by atoms with E-state index in [0.29, 0.717) is 17.1 Å². The third kappa shape index (κ3) is 1.93. The fourth-order valence-electron chi connectivity index (χ4n) is 0.866. The molecule has 2 N–H and O–H groups in total. The summed E-state index contributed by atoms with van der Waals surface area (Å²) in [5, 5.41) is 11.0. The van der Waals surface area contributed by atoms with E-state index >= 15 is 0 Å². The maximum absolute atomic E-state index is 10.5. The molecule has 0 aliphatic carbocycles. The van der Waals surface area contributed by atoms with Crippen LogP contribution in [0.25, 0.3) is 0 Å². The van der Waals surface area contributed by atoms with Gasteiger partial charge in [0, 0.05) is 11.6 Å². The van der Waals surface area contributed by atoms with Gasteiger partial charge in [0.25, 0.3) is 0 Å². The summed E-state index contributed by atoms with van der Waals surface area (Å²) in [6, 6.07) is 5.27. The topological polar surface area (TPSA) is 45.9 Å². The van der Waals surface area contributed by atoms with E-state index in [9.17, 15) is 5.11 Å². The van der Waals surface area contributed by atoms with Crippen molar-refractivity contribution in [2.24, 2.45) is 5.73 Å². The molecule has 1 aromatic rings. The molecule has 0 saturated carbocycles. The highest BCUT2D eigenvalue weighted by Crippen LogP contribution is 2.17. The Morgan fingerprint density at radius 2 is 2.18 bits per heavy atom. The zero-order chi connectivity index (χ0) is 8.27. The van der Waals surface area contributed by atoms with Gasteiger partial charge in [-0.25, -0.2) is 5.11 Å². The summed E-state index contributed by atoms with van der Waals surface area (Å²) >= 11 is 5.71. The number of hydrogen-bond acceptors (Lipinski definition) is 1. The van der Waals surface area contributed by atoms with Gasteiger partial charge in [-0.15, -0.1) is 0 Å². The predicted molar refractivity (Wildman–Crippen MR) is 43.7 cm³/mol. The second-order valence-electron chi connectivity index (χ2n) is 2.27. The number of rotatable bonds is 2. The molecule has 0 unspecified atom stereocenters. The van der Waals surface area contributed by atoms with Crippen LogP contribution >= 0.6 is 11.6 Å². The summed E-state index contributed by atoms with van der Waals surface area (Å²) in [5.74, 6) is 0. The summed E-state index contributed by atoms with van der Waals surface area (Å²) < 4.78 is 0. The van der Waals surface area contributed by atoms with E-state index in [1.54, 1.807) is 12.1 Å². The molecule has 0 heterocycles. The van der Waals surface area contributed by atoms with Crippen LogP contribution in [0.1, 0.15) is 11.1 Å². The van der Waals surface area contributed by atoms with Crippen LogP contribution in [0.2, 0.25) is 5.02 Å². The second-order valence-corrected chi connectivity index (χ2v) is 2.68. The van der Waals surface area contributed by atoms with Gasteiger partial charge in [-0.3, -0.25) is 0 Å². The minimum atomic E-state index is -0.285. The Balaban J connectivity index is 3.02. The van der Waals surface area contributed by atoms with Crippen molar-refractivity contribution in [3.05, 3.63) is 34.3 Å². The van der Waals surface area contributed by atoms with Crippen LogP contribution in [0.15, 0.2) is 18.2 Å². The van der Waals surface area contributed by atoms with Crippen molar-refractivity contribution in [2.45, 2.75) is 13.2 Å². The molecule has 1 radical (unpaired) electrons. The largest absolute Gasteiger partial charge is 0.326 e. The van der Waals surface area contributed by atoms with Crippen molar-refractivity contribution >= 4 is 11.6 Å². The summed E-state index contributed by atoms with van der Waals surface area (Å²) in [6.07, 6.45) is 0. The molecule has 0 aliphatic rings. The first-order chi connectivity index (χ1) is 5.27. The molecule has 0 fully saturated rings. The minimum Gasteiger partial charge on any atom is -0.326 e. The van der Waals surface area contributed by atoms with Crippen LogP contribution < -0.4 is 5.73 Å². The summed E-state index contributed by atoms with van der Waals surface area (Å²) in [6.45, 7) is 0.164. The monoisotopic (exact) mass is 170 g/mol. The fourth-order valence-corrected chi connectivity index (χ4v) is 1.04. The lowest BCUT2D eigenvalue weighted by Crippen LogP contribution is -1.97. The lowest BCUT2D eigenvalue weighted by atomic mass is 10.1. The Morgan fingerprint density at radius 3 is 2.73 bits per heavy atom. The van der Waals surface area contributed by atoms with E-state index in [1.807, 2.05) is 6.07 Å². The molecule has 0 spiro atoms. The maximum Gasteiger partial charge on any atom is 0.109 e. The molecule has 59 valence electrons. The van der Waals surface area contributed by atoms with E-state index in [0.717, 1.165) is 5.56 Å². The first kappa shape index (κ1) is 8.53. The van der Waals surface area contributed by atoms with Crippen LogP contribution in [0, 0.1) is 0 Å². The van der Waals surface area contributed by atoms with Crippen molar-refractivity contribution in [2.75, 3.05) is 0 Å². The number of halogens is 1. The average molecular weight is 171 g/mol. The third-order valence-corrected chi connectivity index (χ3v) is 1.87. The van der Waals surface area contributed by atoms with E-state index in [1.165, 1.54) is 0 Å². The van der Waals surface area contributed by atoms with Crippen molar-refractivity contribution in [1.29, 1.82) is 0 Å². The number of nitrogens with two attached hydrogens (primary N) is 1. The molecule has 0 bridgehead atoms. The Kier molecular flexibility index (Phi) is 2.88. The first-order valence-corrected chi connectivity index (χ1v) is 3.71. The van der Waals surface area contributed by atoms with Gasteiger partial charge in [-0.05, 0) is 17.2 Å². The van der Waals surface area contributed by atoms with E-state index in [4.69, 9.17) is 17.3 Å². The lowest BCUT2D eigenvalue weighted by molar-refractivity contribution is 0.177. The smallest absolute Gasteiger partial charge is 0.109 e. The van der Waals surface area contributed by atoms with Gasteiger partial charge < -0.3 is 5.73 Å². The zero-order valence-electron chi connectivity index (χ0n) is 6.01. The summed E-state index contributed by atoms with van der Waals surface area (Å²) in [5.41, 5.74) is 6.94. The molecular weight excluding hydrogens is 162 g/mol. The van der Waals surface area contributed by atoms with Crippen LogP contribution in [0.5, 0.6) is 0 Å². The van der Waals surface area contributed by atoms with Crippen molar-refractivity contribution in [3.63, 3.8) is 0 Å². The van der Waals surface area contributed by atoms with Gasteiger partial charge in [0.05, 0.1) is 0 Å². The molecular formula is C8H9ClNO. The highest BCUT2D eigenvalue weighted by Gasteiger charge is 1.99. The fraction of sp³-hybridized carbons (Fsp3) is 0.250. The van der Waals surface area contributed by atoms with E-state index in [2.05, 4.69) is 0 Å². The van der Waals surface area contributed by atoms with Crippen molar-refractivity contribution in [3.8, 4) is 0 Å². The molecule has 0 atom stereocenters. The standard InChI is InChI=1S/C8H9ClNO/c9-8-2-1-6(4-10)3-7(8)5-11/h1-3H,4-5,10H2. The third-order valence-electron chi connectivity index (χ3n) is 1.50. The number of hydrogen-bond donors (Lipinski definition) is 1. The molecule has 0 saturated heterocycles. The Bertz CT molecular complexity index is 250. The highest BCUT2D eigenvalue weighted by molar-refractivity contribution is 6.31. The van der Waals surface area contributed by atoms with Crippen molar-refractivity contribution in [1.82, 2.24) is 0 Å². The van der Waals surface area contributed by atoms with Crippen LogP contribution in [-0.4, -0.2) is 0 Å². The van der Waals surface area contributed by atoms with Crippen LogP contribution in [-0.2, 0) is 18.3 Å². The molecule has 1 aromatic carbocycles. The quantitative estimate of drug-likeness (QED) is 0.722. The van der Waals surface area contributed by atoms with Gasteiger partial charge in [-0.1, -0.05) is 23.7 Å². The second kappa shape index (κ2) is 3.72. The lowest BCUT2D eigenvalue weighted by Gasteiger charge is -2.01. The summed E-state index contributed by atoms with van der Waals surface area (Å²) in [7, 11) is 0. The van der Waals surface area contributed by atoms with E-state index < -0.39 is 0 Å². The maximum atomic E-state index is 10.5. The molecule has 2 nitrogen and oxygen atoms in total. The average Bonchev–Trinajstić information content (AvgIpc) is 2.05. The SMILES string of the molecule is NCc1ccc(Cl)c(C[O])c1. The number of benzene rings is 1. The molecule has 11 heavy (non-hydrogen) atoms. The Morgan fingerprint density at radius 1 is 1.45 bits per heavy atom.